The van der Waals surface area contributed by atoms with E-state index in [0.717, 1.165) is 51.8 Å². The van der Waals surface area contributed by atoms with Gasteiger partial charge in [-0.25, -0.2) is 15.0 Å². The monoisotopic (exact) mass is 736 g/mol. The average molecular weight is 737 g/mol. The highest BCUT2D eigenvalue weighted by Crippen LogP contribution is 2.54. The number of aliphatic imine (C=N–C) groups is 1. The summed E-state index contributed by atoms with van der Waals surface area (Å²) in [5, 5.41) is 15.0. The molecule has 1 saturated heterocycles. The number of aromatic nitrogens is 4. The maximum atomic E-state index is 14.0. The van der Waals surface area contributed by atoms with Gasteiger partial charge in [0, 0.05) is 54.2 Å². The van der Waals surface area contributed by atoms with Crippen molar-refractivity contribution in [2.24, 2.45) is 21.2 Å². The second kappa shape index (κ2) is 15.0. The molecule has 3 heterocycles. The van der Waals surface area contributed by atoms with Crippen molar-refractivity contribution >= 4 is 11.9 Å². The van der Waals surface area contributed by atoms with E-state index in [9.17, 15) is 9.90 Å². The van der Waals surface area contributed by atoms with Gasteiger partial charge in [-0.15, -0.1) is 0 Å². The van der Waals surface area contributed by atoms with Crippen LogP contribution in [0, 0.1) is 16.2 Å². The number of carbonyl (C=O) groups is 1. The predicted octanol–water partition coefficient (Wildman–Crippen LogP) is 7.62. The van der Waals surface area contributed by atoms with Crippen LogP contribution in [0.25, 0.3) is 33.6 Å². The van der Waals surface area contributed by atoms with E-state index in [1.807, 2.05) is 50.4 Å². The van der Waals surface area contributed by atoms with Crippen LogP contribution in [0.2, 0.25) is 0 Å². The van der Waals surface area contributed by atoms with Gasteiger partial charge in [-0.3, -0.25) is 4.79 Å². The zero-order chi connectivity index (χ0) is 39.1. The molecule has 11 heteroatoms. The van der Waals surface area contributed by atoms with Crippen molar-refractivity contribution < 1.29 is 14.6 Å². The Morgan fingerprint density at radius 1 is 0.759 bits per heavy atom. The topological polar surface area (TPSA) is 135 Å². The number of amides is 1. The van der Waals surface area contributed by atoms with E-state index in [4.69, 9.17) is 19.7 Å². The van der Waals surface area contributed by atoms with Gasteiger partial charge in [0.2, 0.25) is 5.91 Å². The number of aliphatic hydroxyl groups is 1. The third kappa shape index (κ3) is 7.84. The number of rotatable bonds is 9. The van der Waals surface area contributed by atoms with Crippen LogP contribution < -0.4 is 5.32 Å². The Kier molecular flexibility index (Phi) is 10.9. The predicted molar refractivity (Wildman–Crippen MR) is 216 cm³/mol. The lowest BCUT2D eigenvalue weighted by Gasteiger charge is -2.53. The first kappa shape index (κ1) is 39.2. The Morgan fingerprint density at radius 2 is 1.22 bits per heavy atom. The van der Waals surface area contributed by atoms with Gasteiger partial charge in [-0.1, -0.05) is 96.5 Å². The molecule has 1 aliphatic carbocycles. The number of H-pyrrole nitrogens is 2. The van der Waals surface area contributed by atoms with Crippen molar-refractivity contribution in [3.63, 3.8) is 0 Å². The van der Waals surface area contributed by atoms with Crippen molar-refractivity contribution in [3.8, 4) is 33.6 Å². The molecule has 6 rings (SSSR count). The lowest BCUT2D eigenvalue weighted by Crippen LogP contribution is -2.63. The standard InChI is InChI=1S/C43H60N8O3/c1-40(2,3)34(48-38(52)42(20-11-21-42)43(53)22-24-54-25-23-43)36-44-26-32(46-36)30-16-12-28(13-17-30)29-14-18-31(19-15-29)33-27-45-37(47-33)35(41(4,5)6)49-39(50(7)8)51(9)10/h12-19,26-27,34-35,53H,11,20-25H2,1-10H3,(H,44,46)(H,45,47)(H,48,52)/t34-,35?/m1/s1. The largest absolute Gasteiger partial charge is 0.389 e. The molecule has 1 aliphatic heterocycles. The quantitative estimate of drug-likeness (QED) is 0.103. The van der Waals surface area contributed by atoms with E-state index in [2.05, 4.69) is 105 Å². The van der Waals surface area contributed by atoms with E-state index in [0.29, 0.717) is 44.7 Å². The maximum Gasteiger partial charge on any atom is 0.229 e. The van der Waals surface area contributed by atoms with Crippen molar-refractivity contribution in [2.45, 2.75) is 91.3 Å². The summed E-state index contributed by atoms with van der Waals surface area (Å²) in [5.74, 6) is 2.35. The van der Waals surface area contributed by atoms with E-state index in [-0.39, 0.29) is 28.8 Å². The van der Waals surface area contributed by atoms with Crippen LogP contribution in [0.1, 0.15) is 97.4 Å². The number of ether oxygens (including phenoxy) is 1. The molecule has 0 spiro atoms. The molecule has 1 saturated carbocycles. The number of imidazole rings is 2. The van der Waals surface area contributed by atoms with Gasteiger partial charge in [-0.2, -0.15) is 0 Å². The Morgan fingerprint density at radius 3 is 1.65 bits per heavy atom. The minimum absolute atomic E-state index is 0.0822. The molecular weight excluding hydrogens is 677 g/mol. The Bertz CT molecular complexity index is 1910. The van der Waals surface area contributed by atoms with Crippen LogP contribution in [0.4, 0.5) is 0 Å². The zero-order valence-corrected chi connectivity index (χ0v) is 33.9. The number of aromatic amines is 2. The lowest BCUT2D eigenvalue weighted by atomic mass is 9.55. The molecular formula is C43H60N8O3. The van der Waals surface area contributed by atoms with Crippen LogP contribution in [0.3, 0.4) is 0 Å². The first-order valence-electron chi connectivity index (χ1n) is 19.3. The third-order valence-electron chi connectivity index (χ3n) is 11.3. The summed E-state index contributed by atoms with van der Waals surface area (Å²) >= 11 is 0. The maximum absolute atomic E-state index is 14.0. The number of hydrogen-bond donors (Lipinski definition) is 4. The van der Waals surface area contributed by atoms with Gasteiger partial charge < -0.3 is 34.9 Å². The van der Waals surface area contributed by atoms with Crippen molar-refractivity contribution in [2.75, 3.05) is 41.4 Å². The minimum atomic E-state index is -1.04. The fraction of sp³-hybridized carbons (Fsp3) is 0.535. The molecule has 0 bridgehead atoms. The first-order valence-corrected chi connectivity index (χ1v) is 19.3. The third-order valence-corrected chi connectivity index (χ3v) is 11.3. The Hall–Kier alpha value is -4.48. The van der Waals surface area contributed by atoms with Crippen LogP contribution >= 0.6 is 0 Å². The van der Waals surface area contributed by atoms with Gasteiger partial charge in [0.15, 0.2) is 5.96 Å². The summed E-state index contributed by atoms with van der Waals surface area (Å²) in [5.41, 5.74) is 3.84. The number of nitrogens with one attached hydrogen (secondary N) is 3. The molecule has 2 atom stereocenters. The van der Waals surface area contributed by atoms with Gasteiger partial charge in [0.05, 0.1) is 40.8 Å². The number of guanidine groups is 1. The lowest BCUT2D eigenvalue weighted by molar-refractivity contribution is -0.187. The second-order valence-electron chi connectivity index (χ2n) is 17.9. The molecule has 2 fully saturated rings. The summed E-state index contributed by atoms with van der Waals surface area (Å²) < 4.78 is 5.53. The molecule has 11 nitrogen and oxygen atoms in total. The van der Waals surface area contributed by atoms with E-state index in [1.165, 1.54) is 0 Å². The Balaban J connectivity index is 1.16. The van der Waals surface area contributed by atoms with Crippen molar-refractivity contribution in [1.82, 2.24) is 35.1 Å². The van der Waals surface area contributed by atoms with Crippen LogP contribution in [-0.4, -0.2) is 93.7 Å². The highest BCUT2D eigenvalue weighted by Gasteiger charge is 2.59. The zero-order valence-electron chi connectivity index (χ0n) is 33.9. The smallest absolute Gasteiger partial charge is 0.229 e. The molecule has 2 aliphatic rings. The number of hydrogen-bond acceptors (Lipinski definition) is 6. The van der Waals surface area contributed by atoms with E-state index >= 15 is 0 Å². The van der Waals surface area contributed by atoms with E-state index in [1.54, 1.807) is 0 Å². The summed E-state index contributed by atoms with van der Waals surface area (Å²) in [4.78, 5) is 39.8. The fourth-order valence-electron chi connectivity index (χ4n) is 7.93. The van der Waals surface area contributed by atoms with Gasteiger partial charge in [0.1, 0.15) is 17.7 Å². The molecule has 2 aromatic carbocycles. The van der Waals surface area contributed by atoms with Crippen LogP contribution in [-0.2, 0) is 9.53 Å². The molecule has 1 amide bonds. The van der Waals surface area contributed by atoms with Crippen molar-refractivity contribution in [3.05, 3.63) is 72.6 Å². The van der Waals surface area contributed by atoms with Gasteiger partial charge >= 0.3 is 0 Å². The molecule has 290 valence electrons. The molecule has 2 aromatic heterocycles. The second-order valence-corrected chi connectivity index (χ2v) is 17.9. The fourth-order valence-corrected chi connectivity index (χ4v) is 7.93. The summed E-state index contributed by atoms with van der Waals surface area (Å²) in [6, 6.07) is 16.4. The van der Waals surface area contributed by atoms with Crippen molar-refractivity contribution in [1.29, 1.82) is 0 Å². The normalized spacial score (nSPS) is 17.9. The highest BCUT2D eigenvalue weighted by molar-refractivity contribution is 5.85. The SMILES string of the molecule is CN(C)C(=NC(c1ncc(-c2ccc(-c3ccc(-c4cnc([C@@H](NC(=O)C5(C6(O)CCOCC6)CCC5)C(C)(C)C)[nH]4)cc3)cc2)[nH]1)C(C)(C)C)N(C)C. The first-order chi connectivity index (χ1) is 25.4. The molecule has 4 N–H and O–H groups in total. The summed E-state index contributed by atoms with van der Waals surface area (Å²) in [6.45, 7) is 13.8. The van der Waals surface area contributed by atoms with E-state index < -0.39 is 11.0 Å². The van der Waals surface area contributed by atoms with Crippen LogP contribution in [0.15, 0.2) is 65.9 Å². The van der Waals surface area contributed by atoms with Gasteiger partial charge in [0.25, 0.3) is 0 Å². The average Bonchev–Trinajstić information content (AvgIpc) is 3.77. The van der Waals surface area contributed by atoms with Crippen LogP contribution in [0.5, 0.6) is 0 Å². The number of nitrogens with zero attached hydrogens (tertiary/aromatic N) is 5. The molecule has 54 heavy (non-hydrogen) atoms. The summed E-state index contributed by atoms with van der Waals surface area (Å²) in [6.07, 6.45) is 7.03. The molecule has 0 radical (unpaired) electrons. The molecule has 1 unspecified atom stereocenters. The summed E-state index contributed by atoms with van der Waals surface area (Å²) in [7, 11) is 8.03. The minimum Gasteiger partial charge on any atom is -0.389 e. The Labute approximate surface area is 321 Å². The van der Waals surface area contributed by atoms with Gasteiger partial charge in [-0.05, 0) is 45.9 Å². The molecule has 4 aromatic rings. The number of carbonyl (C=O) groups excluding carboxylic acids is 1. The number of benzene rings is 2. The highest BCUT2D eigenvalue weighted by atomic mass is 16.5.